The number of para-hydroxylation sites is 1. The van der Waals surface area contributed by atoms with E-state index in [4.69, 9.17) is 4.74 Å². The predicted molar refractivity (Wildman–Crippen MR) is 105 cm³/mol. The van der Waals surface area contributed by atoms with Crippen molar-refractivity contribution in [1.82, 2.24) is 9.88 Å². The Morgan fingerprint density at radius 2 is 1.76 bits per heavy atom. The fourth-order valence-electron chi connectivity index (χ4n) is 4.24. The van der Waals surface area contributed by atoms with Crippen LogP contribution in [0.4, 0.5) is 0 Å². The first-order valence-corrected chi connectivity index (χ1v) is 9.69. The first-order valence-electron chi connectivity index (χ1n) is 9.69. The Labute approximate surface area is 167 Å². The molecule has 2 heterocycles. The second kappa shape index (κ2) is 7.31. The van der Waals surface area contributed by atoms with Crippen LogP contribution in [-0.2, 0) is 19.1 Å². The maximum Gasteiger partial charge on any atom is 0.326 e. The summed E-state index contributed by atoms with van der Waals surface area (Å²) in [5.74, 6) is -2.57. The summed E-state index contributed by atoms with van der Waals surface area (Å²) in [6.07, 6.45) is 3.76. The normalized spacial score (nSPS) is 22.1. The molecule has 7 nitrogen and oxygen atoms in total. The van der Waals surface area contributed by atoms with Gasteiger partial charge in [-0.15, -0.1) is 0 Å². The monoisotopic (exact) mass is 394 g/mol. The molecule has 1 fully saturated rings. The zero-order valence-electron chi connectivity index (χ0n) is 16.3. The summed E-state index contributed by atoms with van der Waals surface area (Å²) in [4.78, 5) is 54.4. The Bertz CT molecular complexity index is 1020. The second-order valence-electron chi connectivity index (χ2n) is 7.59. The molecule has 0 spiro atoms. The number of nitrogens with one attached hydrogen (secondary N) is 1. The molecule has 0 saturated carbocycles. The number of aromatic nitrogens is 1. The first-order chi connectivity index (χ1) is 13.9. The van der Waals surface area contributed by atoms with Gasteiger partial charge in [-0.1, -0.05) is 30.4 Å². The summed E-state index contributed by atoms with van der Waals surface area (Å²) in [5.41, 5.74) is 2.00. The van der Waals surface area contributed by atoms with Gasteiger partial charge >= 0.3 is 5.97 Å². The van der Waals surface area contributed by atoms with Crippen molar-refractivity contribution in [2.45, 2.75) is 32.8 Å². The van der Waals surface area contributed by atoms with E-state index in [1.54, 1.807) is 6.92 Å². The summed E-state index contributed by atoms with van der Waals surface area (Å²) >= 11 is 0. The average Bonchev–Trinajstić information content (AvgIpc) is 3.16. The number of H-pyrrole nitrogens is 1. The number of allylic oxidation sites excluding steroid dienone is 2. The predicted octanol–water partition coefficient (Wildman–Crippen LogP) is 2.54. The van der Waals surface area contributed by atoms with Gasteiger partial charge in [-0.3, -0.25) is 24.1 Å². The Kier molecular flexibility index (Phi) is 4.82. The number of fused-ring (bicyclic) bond motifs is 2. The SMILES string of the molecule is Cc1[nH]c2ccccc2c1C(=O)[C@@H](C)OC(=O)CN1C(=O)[C@H]2CC=CC[C@H]2C1=O. The molecule has 0 radical (unpaired) electrons. The summed E-state index contributed by atoms with van der Waals surface area (Å²) in [7, 11) is 0. The Morgan fingerprint density at radius 1 is 1.14 bits per heavy atom. The largest absolute Gasteiger partial charge is 0.453 e. The van der Waals surface area contributed by atoms with E-state index >= 15 is 0 Å². The van der Waals surface area contributed by atoms with Crippen LogP contribution >= 0.6 is 0 Å². The molecule has 1 aromatic carbocycles. The molecule has 1 saturated heterocycles. The molecule has 0 bridgehead atoms. The lowest BCUT2D eigenvalue weighted by Gasteiger charge is -2.17. The standard InChI is InChI=1S/C22H22N2O5/c1-12-19(16-9-5-6-10-17(16)23-12)20(26)13(2)29-18(25)11-24-21(27)14-7-3-4-8-15(14)22(24)28/h3-6,9-10,13-15,23H,7-8,11H2,1-2H3/t13-,14-,15+/m1/s1. The van der Waals surface area contributed by atoms with Crippen molar-refractivity contribution in [3.63, 3.8) is 0 Å². The molecule has 0 unspecified atom stereocenters. The van der Waals surface area contributed by atoms with Crippen molar-refractivity contribution >= 4 is 34.5 Å². The van der Waals surface area contributed by atoms with Crippen LogP contribution in [0.5, 0.6) is 0 Å². The molecule has 1 N–H and O–H groups in total. The number of carbonyl (C=O) groups is 4. The van der Waals surface area contributed by atoms with E-state index in [9.17, 15) is 19.2 Å². The molecule has 2 aliphatic rings. The number of likely N-dealkylation sites (tertiary alicyclic amines) is 1. The van der Waals surface area contributed by atoms with Crippen molar-refractivity contribution in [3.8, 4) is 0 Å². The van der Waals surface area contributed by atoms with Crippen LogP contribution in [0.2, 0.25) is 0 Å². The third-order valence-electron chi connectivity index (χ3n) is 5.70. The number of rotatable bonds is 5. The summed E-state index contributed by atoms with van der Waals surface area (Å²) in [5, 5.41) is 0.763. The lowest BCUT2D eigenvalue weighted by Crippen LogP contribution is -2.38. The van der Waals surface area contributed by atoms with Gasteiger partial charge in [-0.2, -0.15) is 0 Å². The Balaban J connectivity index is 1.44. The van der Waals surface area contributed by atoms with E-state index in [0.717, 1.165) is 15.8 Å². The number of benzene rings is 1. The van der Waals surface area contributed by atoms with E-state index in [1.807, 2.05) is 36.4 Å². The molecular weight excluding hydrogens is 372 g/mol. The van der Waals surface area contributed by atoms with Gasteiger partial charge in [0.1, 0.15) is 6.54 Å². The van der Waals surface area contributed by atoms with Crippen LogP contribution in [0.25, 0.3) is 10.9 Å². The number of Topliss-reactive ketones (excluding diaryl/α,β-unsaturated/α-hetero) is 1. The molecule has 7 heteroatoms. The van der Waals surface area contributed by atoms with Crippen molar-refractivity contribution in [2.75, 3.05) is 6.54 Å². The number of aromatic amines is 1. The lowest BCUT2D eigenvalue weighted by molar-refractivity contribution is -0.154. The van der Waals surface area contributed by atoms with Gasteiger partial charge in [-0.05, 0) is 32.8 Å². The van der Waals surface area contributed by atoms with Crippen LogP contribution < -0.4 is 0 Å². The van der Waals surface area contributed by atoms with E-state index in [-0.39, 0.29) is 17.6 Å². The summed E-state index contributed by atoms with van der Waals surface area (Å²) < 4.78 is 5.29. The number of amides is 2. The first kappa shape index (κ1) is 19.1. The highest BCUT2D eigenvalue weighted by atomic mass is 16.5. The molecular formula is C22H22N2O5. The van der Waals surface area contributed by atoms with Gasteiger partial charge in [0.2, 0.25) is 17.6 Å². The Morgan fingerprint density at radius 3 is 2.41 bits per heavy atom. The number of aryl methyl sites for hydroxylation is 1. The molecule has 3 atom stereocenters. The summed E-state index contributed by atoms with van der Waals surface area (Å²) in [6.45, 7) is 2.83. The fraction of sp³-hybridized carbons (Fsp3) is 0.364. The third kappa shape index (κ3) is 3.26. The quantitative estimate of drug-likeness (QED) is 0.364. The minimum Gasteiger partial charge on any atom is -0.453 e. The fourth-order valence-corrected chi connectivity index (χ4v) is 4.24. The van der Waals surface area contributed by atoms with Crippen LogP contribution in [0, 0.1) is 18.8 Å². The lowest BCUT2D eigenvalue weighted by atomic mass is 9.85. The number of imide groups is 1. The number of esters is 1. The van der Waals surface area contributed by atoms with E-state index < -0.39 is 30.5 Å². The highest BCUT2D eigenvalue weighted by Crippen LogP contribution is 2.35. The van der Waals surface area contributed by atoms with E-state index in [1.165, 1.54) is 6.92 Å². The van der Waals surface area contributed by atoms with Gasteiger partial charge in [0, 0.05) is 22.2 Å². The molecule has 4 rings (SSSR count). The topological polar surface area (TPSA) is 96.5 Å². The molecule has 2 aromatic rings. The van der Waals surface area contributed by atoms with E-state index in [2.05, 4.69) is 4.98 Å². The van der Waals surface area contributed by atoms with Gasteiger partial charge in [0.05, 0.1) is 11.8 Å². The van der Waals surface area contributed by atoms with Crippen LogP contribution in [0.15, 0.2) is 36.4 Å². The minimum absolute atomic E-state index is 0.328. The number of ether oxygens (including phenoxy) is 1. The highest BCUT2D eigenvalue weighted by Gasteiger charge is 2.48. The van der Waals surface area contributed by atoms with Gasteiger partial charge < -0.3 is 9.72 Å². The maximum atomic E-state index is 12.9. The van der Waals surface area contributed by atoms with Crippen molar-refractivity contribution in [3.05, 3.63) is 47.7 Å². The minimum atomic E-state index is -1.03. The average molecular weight is 394 g/mol. The molecule has 150 valence electrons. The molecule has 1 aromatic heterocycles. The van der Waals surface area contributed by atoms with E-state index in [0.29, 0.717) is 24.1 Å². The smallest absolute Gasteiger partial charge is 0.326 e. The summed E-state index contributed by atoms with van der Waals surface area (Å²) in [6, 6.07) is 7.40. The molecule has 29 heavy (non-hydrogen) atoms. The maximum absolute atomic E-state index is 12.9. The van der Waals surface area contributed by atoms with Crippen molar-refractivity contribution < 1.29 is 23.9 Å². The van der Waals surface area contributed by atoms with Gasteiger partial charge in [-0.25, -0.2) is 0 Å². The van der Waals surface area contributed by atoms with Crippen LogP contribution in [0.3, 0.4) is 0 Å². The molecule has 1 aliphatic heterocycles. The second-order valence-corrected chi connectivity index (χ2v) is 7.59. The number of ketones is 1. The zero-order chi connectivity index (χ0) is 20.7. The molecule has 2 amide bonds. The number of nitrogens with zero attached hydrogens (tertiary/aromatic N) is 1. The zero-order valence-corrected chi connectivity index (χ0v) is 16.3. The third-order valence-corrected chi connectivity index (χ3v) is 5.70. The molecule has 1 aliphatic carbocycles. The van der Waals surface area contributed by atoms with Crippen molar-refractivity contribution in [2.24, 2.45) is 11.8 Å². The Hall–Kier alpha value is -3.22. The van der Waals surface area contributed by atoms with Crippen LogP contribution in [0.1, 0.15) is 35.8 Å². The highest BCUT2D eigenvalue weighted by molar-refractivity contribution is 6.12. The van der Waals surface area contributed by atoms with Gasteiger partial charge in [0.15, 0.2) is 6.10 Å². The van der Waals surface area contributed by atoms with Gasteiger partial charge in [0.25, 0.3) is 0 Å². The number of hydrogen-bond acceptors (Lipinski definition) is 5. The number of hydrogen-bond donors (Lipinski definition) is 1. The van der Waals surface area contributed by atoms with Crippen molar-refractivity contribution in [1.29, 1.82) is 0 Å². The number of carbonyl (C=O) groups excluding carboxylic acids is 4. The van der Waals surface area contributed by atoms with Crippen LogP contribution in [-0.4, -0.2) is 46.1 Å².